The molecule has 2 fully saturated rings. The molecule has 0 amide bonds. The predicted molar refractivity (Wildman–Crippen MR) is 86.8 cm³/mol. The lowest BCUT2D eigenvalue weighted by molar-refractivity contribution is 0.0408. The number of methoxy groups -OCH3 is 1. The summed E-state index contributed by atoms with van der Waals surface area (Å²) >= 11 is 0. The third-order valence-corrected chi connectivity index (χ3v) is 4.72. The molecule has 2 aliphatic heterocycles. The number of piperazine rings is 1. The molecule has 1 N–H and O–H groups in total. The van der Waals surface area contributed by atoms with Gasteiger partial charge < -0.3 is 15.0 Å². The average Bonchev–Trinajstić information content (AvgIpc) is 2.47. The molecule has 1 unspecified atom stereocenters. The van der Waals surface area contributed by atoms with Crippen LogP contribution in [0.15, 0.2) is 0 Å². The van der Waals surface area contributed by atoms with E-state index in [1.807, 2.05) is 0 Å². The molecule has 2 rings (SSSR count). The Hall–Kier alpha value is 0.130. The fourth-order valence-corrected chi connectivity index (χ4v) is 3.44. The Labute approximate surface area is 130 Å². The molecule has 0 aromatic heterocycles. The molecule has 20 heavy (non-hydrogen) atoms. The van der Waals surface area contributed by atoms with Crippen LogP contribution in [0.4, 0.5) is 0 Å². The van der Waals surface area contributed by atoms with Crippen LogP contribution in [0.3, 0.4) is 0 Å². The van der Waals surface area contributed by atoms with Gasteiger partial charge in [-0.3, -0.25) is 4.90 Å². The Morgan fingerprint density at radius 2 is 1.95 bits per heavy atom. The molecule has 1 atom stereocenters. The first kappa shape index (κ1) is 18.2. The van der Waals surface area contributed by atoms with Crippen molar-refractivity contribution in [3.63, 3.8) is 0 Å². The van der Waals surface area contributed by atoms with Gasteiger partial charge >= 0.3 is 0 Å². The monoisotopic (exact) mass is 305 g/mol. The molecule has 5 heteroatoms. The van der Waals surface area contributed by atoms with Gasteiger partial charge in [0.15, 0.2) is 0 Å². The van der Waals surface area contributed by atoms with Crippen molar-refractivity contribution in [3.05, 3.63) is 0 Å². The van der Waals surface area contributed by atoms with Gasteiger partial charge in [-0.1, -0.05) is 6.92 Å². The van der Waals surface area contributed by atoms with E-state index >= 15 is 0 Å². The van der Waals surface area contributed by atoms with E-state index in [1.165, 1.54) is 58.5 Å². The largest absolute Gasteiger partial charge is 0.383 e. The van der Waals surface area contributed by atoms with Crippen LogP contribution in [0.25, 0.3) is 0 Å². The standard InChI is InChI=1S/C15H31N3O.ClH/c1-3-15-13-17(8-9-18(15)10-11-19-2)12-14-4-6-16-7-5-14;/h14-16H,3-13H2,1-2H3;1H. The summed E-state index contributed by atoms with van der Waals surface area (Å²) in [5.74, 6) is 0.921. The summed E-state index contributed by atoms with van der Waals surface area (Å²) in [7, 11) is 1.80. The van der Waals surface area contributed by atoms with E-state index < -0.39 is 0 Å². The Morgan fingerprint density at radius 1 is 1.20 bits per heavy atom. The van der Waals surface area contributed by atoms with Gasteiger partial charge in [-0.25, -0.2) is 0 Å². The summed E-state index contributed by atoms with van der Waals surface area (Å²) in [6, 6.07) is 0.727. The molecule has 0 spiro atoms. The van der Waals surface area contributed by atoms with Crippen molar-refractivity contribution >= 4 is 12.4 Å². The van der Waals surface area contributed by atoms with Gasteiger partial charge in [-0.05, 0) is 38.3 Å². The minimum absolute atomic E-state index is 0. The van der Waals surface area contributed by atoms with E-state index in [0.717, 1.165) is 25.1 Å². The van der Waals surface area contributed by atoms with Crippen LogP contribution in [0.5, 0.6) is 0 Å². The number of halogens is 1. The highest BCUT2D eigenvalue weighted by atomic mass is 35.5. The van der Waals surface area contributed by atoms with Crippen LogP contribution in [0, 0.1) is 5.92 Å². The third-order valence-electron chi connectivity index (χ3n) is 4.72. The molecule has 0 aromatic carbocycles. The zero-order chi connectivity index (χ0) is 13.5. The summed E-state index contributed by atoms with van der Waals surface area (Å²) in [5.41, 5.74) is 0. The van der Waals surface area contributed by atoms with Crippen LogP contribution < -0.4 is 5.32 Å². The summed E-state index contributed by atoms with van der Waals surface area (Å²) in [6.07, 6.45) is 3.98. The van der Waals surface area contributed by atoms with Gasteiger partial charge in [0.05, 0.1) is 6.61 Å². The van der Waals surface area contributed by atoms with Gasteiger partial charge in [0, 0.05) is 45.9 Å². The van der Waals surface area contributed by atoms with Crippen molar-refractivity contribution in [2.24, 2.45) is 5.92 Å². The first-order valence-corrected chi connectivity index (χ1v) is 7.99. The van der Waals surface area contributed by atoms with Crippen molar-refractivity contribution in [2.75, 3.05) is 59.5 Å². The number of ether oxygens (including phenoxy) is 1. The smallest absolute Gasteiger partial charge is 0.0589 e. The lowest BCUT2D eigenvalue weighted by atomic mass is 9.96. The topological polar surface area (TPSA) is 27.7 Å². The van der Waals surface area contributed by atoms with Crippen molar-refractivity contribution < 1.29 is 4.74 Å². The van der Waals surface area contributed by atoms with Gasteiger partial charge in [-0.2, -0.15) is 0 Å². The van der Waals surface area contributed by atoms with Crippen molar-refractivity contribution in [3.8, 4) is 0 Å². The van der Waals surface area contributed by atoms with E-state index in [9.17, 15) is 0 Å². The second kappa shape index (κ2) is 9.96. The molecule has 0 saturated carbocycles. The van der Waals surface area contributed by atoms with Crippen LogP contribution in [-0.4, -0.2) is 75.4 Å². The summed E-state index contributed by atoms with van der Waals surface area (Å²) < 4.78 is 5.22. The minimum atomic E-state index is 0. The maximum absolute atomic E-state index is 5.22. The van der Waals surface area contributed by atoms with Crippen LogP contribution in [0.1, 0.15) is 26.2 Å². The molecular weight excluding hydrogens is 274 g/mol. The highest BCUT2D eigenvalue weighted by Gasteiger charge is 2.27. The normalized spacial score (nSPS) is 26.4. The second-order valence-electron chi connectivity index (χ2n) is 6.04. The summed E-state index contributed by atoms with van der Waals surface area (Å²) in [5, 5.41) is 3.46. The molecule has 0 bridgehead atoms. The number of nitrogens with zero attached hydrogens (tertiary/aromatic N) is 2. The summed E-state index contributed by atoms with van der Waals surface area (Å²) in [6.45, 7) is 11.7. The van der Waals surface area contributed by atoms with Crippen LogP contribution in [-0.2, 0) is 4.74 Å². The number of piperidine rings is 1. The van der Waals surface area contributed by atoms with Crippen molar-refractivity contribution in [1.29, 1.82) is 0 Å². The van der Waals surface area contributed by atoms with E-state index in [1.54, 1.807) is 7.11 Å². The molecule has 2 saturated heterocycles. The Balaban J connectivity index is 0.00000200. The van der Waals surface area contributed by atoms with E-state index in [-0.39, 0.29) is 12.4 Å². The maximum atomic E-state index is 5.22. The van der Waals surface area contributed by atoms with Crippen LogP contribution >= 0.6 is 12.4 Å². The SMILES string of the molecule is CCC1CN(CC2CCNCC2)CCN1CCOC.Cl. The van der Waals surface area contributed by atoms with Gasteiger partial charge in [0.25, 0.3) is 0 Å². The summed E-state index contributed by atoms with van der Waals surface area (Å²) in [4.78, 5) is 5.32. The van der Waals surface area contributed by atoms with Gasteiger partial charge in [-0.15, -0.1) is 12.4 Å². The Morgan fingerprint density at radius 3 is 2.60 bits per heavy atom. The number of hydrogen-bond donors (Lipinski definition) is 1. The van der Waals surface area contributed by atoms with Crippen molar-refractivity contribution in [2.45, 2.75) is 32.2 Å². The van der Waals surface area contributed by atoms with Gasteiger partial charge in [0.2, 0.25) is 0 Å². The lowest BCUT2D eigenvalue weighted by Gasteiger charge is -2.42. The van der Waals surface area contributed by atoms with Crippen molar-refractivity contribution in [1.82, 2.24) is 15.1 Å². The molecule has 0 aliphatic carbocycles. The minimum Gasteiger partial charge on any atom is -0.383 e. The molecule has 0 aromatic rings. The first-order chi connectivity index (χ1) is 9.33. The number of rotatable bonds is 6. The van der Waals surface area contributed by atoms with E-state index in [0.29, 0.717) is 0 Å². The fourth-order valence-electron chi connectivity index (χ4n) is 3.44. The van der Waals surface area contributed by atoms with E-state index in [2.05, 4.69) is 22.0 Å². The molecule has 120 valence electrons. The molecule has 0 radical (unpaired) electrons. The number of nitrogens with one attached hydrogen (secondary N) is 1. The van der Waals surface area contributed by atoms with Gasteiger partial charge in [0.1, 0.15) is 0 Å². The first-order valence-electron chi connectivity index (χ1n) is 7.99. The maximum Gasteiger partial charge on any atom is 0.0589 e. The zero-order valence-corrected chi connectivity index (χ0v) is 14.0. The second-order valence-corrected chi connectivity index (χ2v) is 6.04. The Bertz CT molecular complexity index is 249. The quantitative estimate of drug-likeness (QED) is 0.804. The van der Waals surface area contributed by atoms with Crippen LogP contribution in [0.2, 0.25) is 0 Å². The highest BCUT2D eigenvalue weighted by Crippen LogP contribution is 2.18. The molecular formula is C15H32ClN3O. The molecule has 2 aliphatic rings. The zero-order valence-electron chi connectivity index (χ0n) is 13.1. The number of hydrogen-bond acceptors (Lipinski definition) is 4. The lowest BCUT2D eigenvalue weighted by Crippen LogP contribution is -2.54. The fraction of sp³-hybridized carbons (Fsp3) is 1.00. The molecule has 2 heterocycles. The predicted octanol–water partition coefficient (Wildman–Crippen LogP) is 1.45. The average molecular weight is 306 g/mol. The highest BCUT2D eigenvalue weighted by molar-refractivity contribution is 5.85. The third kappa shape index (κ3) is 5.49. The molecule has 4 nitrogen and oxygen atoms in total. The van der Waals surface area contributed by atoms with E-state index in [4.69, 9.17) is 4.74 Å². The Kier molecular flexibility index (Phi) is 9.05.